The molecule has 0 heterocycles. The molecule has 4 saturated carbocycles. The summed E-state index contributed by atoms with van der Waals surface area (Å²) in [4.78, 5) is 35.7. The first kappa shape index (κ1) is 27.4. The number of carbonyl (C=O) groups is 3. The van der Waals surface area contributed by atoms with Crippen LogP contribution in [0.25, 0.3) is 0 Å². The van der Waals surface area contributed by atoms with Gasteiger partial charge in [0.15, 0.2) is 0 Å². The van der Waals surface area contributed by atoms with Crippen molar-refractivity contribution in [2.24, 2.45) is 46.3 Å². The van der Waals surface area contributed by atoms with Crippen molar-refractivity contribution in [1.82, 2.24) is 0 Å². The molecule has 1 N–H and O–H groups in total. The molecular formula is C29H46O7. The van der Waals surface area contributed by atoms with E-state index in [1.54, 1.807) is 0 Å². The molecule has 4 aliphatic carbocycles. The van der Waals surface area contributed by atoms with Crippen molar-refractivity contribution < 1.29 is 33.7 Å². The van der Waals surface area contributed by atoms with E-state index in [4.69, 9.17) is 14.2 Å². The van der Waals surface area contributed by atoms with Crippen molar-refractivity contribution in [3.05, 3.63) is 0 Å². The number of methoxy groups -OCH3 is 1. The number of rotatable bonds is 6. The molecule has 204 valence electrons. The molecule has 4 aliphatic rings. The van der Waals surface area contributed by atoms with Crippen LogP contribution in [0.3, 0.4) is 0 Å². The third-order valence-corrected chi connectivity index (χ3v) is 11.2. The highest BCUT2D eigenvalue weighted by Crippen LogP contribution is 2.68. The quantitative estimate of drug-likeness (QED) is 0.412. The molecule has 0 bridgehead atoms. The molecule has 0 spiro atoms. The second-order valence-electron chi connectivity index (χ2n) is 12.8. The molecule has 0 aromatic rings. The number of esters is 3. The second-order valence-corrected chi connectivity index (χ2v) is 12.8. The molecule has 4 fully saturated rings. The molecule has 7 heteroatoms. The predicted molar refractivity (Wildman–Crippen MR) is 134 cm³/mol. The number of ether oxygens (including phenoxy) is 3. The van der Waals surface area contributed by atoms with Crippen LogP contribution < -0.4 is 0 Å². The lowest BCUT2D eigenvalue weighted by molar-refractivity contribution is -0.218. The summed E-state index contributed by atoms with van der Waals surface area (Å²) in [5.74, 6) is 0.965. The third-order valence-electron chi connectivity index (χ3n) is 11.2. The molecule has 0 aliphatic heterocycles. The van der Waals surface area contributed by atoms with E-state index >= 15 is 0 Å². The Labute approximate surface area is 216 Å². The van der Waals surface area contributed by atoms with E-state index in [2.05, 4.69) is 20.8 Å². The number of hydrogen-bond donors (Lipinski definition) is 1. The Kier molecular flexibility index (Phi) is 7.81. The van der Waals surface area contributed by atoms with Crippen molar-refractivity contribution >= 4 is 17.9 Å². The minimum atomic E-state index is -0.434. The van der Waals surface area contributed by atoms with Gasteiger partial charge in [-0.1, -0.05) is 20.8 Å². The van der Waals surface area contributed by atoms with Crippen LogP contribution in [0.5, 0.6) is 0 Å². The number of hydrogen-bond acceptors (Lipinski definition) is 7. The van der Waals surface area contributed by atoms with Crippen LogP contribution in [-0.4, -0.2) is 48.4 Å². The highest BCUT2D eigenvalue weighted by Gasteiger charge is 2.66. The van der Waals surface area contributed by atoms with Gasteiger partial charge in [-0.05, 0) is 91.8 Å². The summed E-state index contributed by atoms with van der Waals surface area (Å²) >= 11 is 0. The first-order chi connectivity index (χ1) is 16.9. The zero-order valence-corrected chi connectivity index (χ0v) is 23.0. The number of fused-ring (bicyclic) bond motifs is 5. The van der Waals surface area contributed by atoms with Gasteiger partial charge < -0.3 is 19.3 Å². The fraction of sp³-hybridized carbons (Fsp3) is 0.897. The van der Waals surface area contributed by atoms with E-state index in [1.807, 2.05) is 0 Å². The van der Waals surface area contributed by atoms with Crippen molar-refractivity contribution in [3.8, 4) is 0 Å². The molecule has 36 heavy (non-hydrogen) atoms. The lowest BCUT2D eigenvalue weighted by Crippen LogP contribution is -2.63. The van der Waals surface area contributed by atoms with E-state index in [-0.39, 0.29) is 64.6 Å². The molecule has 0 aromatic heterocycles. The van der Waals surface area contributed by atoms with Gasteiger partial charge >= 0.3 is 17.9 Å². The molecule has 0 amide bonds. The van der Waals surface area contributed by atoms with E-state index in [9.17, 15) is 19.5 Å². The summed E-state index contributed by atoms with van der Waals surface area (Å²) in [6.45, 7) is 9.78. The Morgan fingerprint density at radius 3 is 2.31 bits per heavy atom. The van der Waals surface area contributed by atoms with Crippen molar-refractivity contribution in [2.45, 2.75) is 111 Å². The van der Waals surface area contributed by atoms with Gasteiger partial charge in [0.2, 0.25) is 0 Å². The lowest BCUT2D eigenvalue weighted by atomic mass is 9.43. The average Bonchev–Trinajstić information content (AvgIpc) is 3.16. The van der Waals surface area contributed by atoms with E-state index < -0.39 is 6.10 Å². The monoisotopic (exact) mass is 506 g/mol. The van der Waals surface area contributed by atoms with Crippen LogP contribution in [-0.2, 0) is 28.6 Å². The van der Waals surface area contributed by atoms with Crippen LogP contribution in [0.4, 0.5) is 0 Å². The second kappa shape index (κ2) is 10.3. The molecule has 11 atom stereocenters. The van der Waals surface area contributed by atoms with E-state index in [0.29, 0.717) is 24.7 Å². The molecule has 4 rings (SSSR count). The Morgan fingerprint density at radius 1 is 0.972 bits per heavy atom. The number of aliphatic hydroxyl groups is 1. The summed E-state index contributed by atoms with van der Waals surface area (Å²) in [5, 5.41) is 11.8. The topological polar surface area (TPSA) is 99.1 Å². The maximum Gasteiger partial charge on any atom is 0.305 e. The summed E-state index contributed by atoms with van der Waals surface area (Å²) in [5.41, 5.74) is -0.248. The van der Waals surface area contributed by atoms with Gasteiger partial charge in [-0.2, -0.15) is 0 Å². The fourth-order valence-corrected chi connectivity index (χ4v) is 9.42. The molecular weight excluding hydrogens is 460 g/mol. The summed E-state index contributed by atoms with van der Waals surface area (Å²) in [7, 11) is 1.43. The standard InChI is InChI=1S/C29H46O7/c1-16(7-10-26(33)34-6)21-8-9-22-27-23(15-25(32)29(21,22)5)28(4)12-11-20(35-17(2)30)13-19(28)14-24(27)36-18(3)31/h16,19-25,27,32H,7-15H2,1-6H3/t16-,19+,20-,21-,22+,23+,24+,25+,27+,28-,29+/m0/s1. The van der Waals surface area contributed by atoms with Crippen LogP contribution in [0.2, 0.25) is 0 Å². The van der Waals surface area contributed by atoms with Gasteiger partial charge in [0.05, 0.1) is 13.2 Å². The van der Waals surface area contributed by atoms with Crippen molar-refractivity contribution in [2.75, 3.05) is 7.11 Å². The first-order valence-electron chi connectivity index (χ1n) is 14.0. The average molecular weight is 507 g/mol. The Balaban J connectivity index is 1.62. The molecule has 0 radical (unpaired) electrons. The third kappa shape index (κ3) is 4.69. The Bertz CT molecular complexity index is 857. The Hall–Kier alpha value is -1.63. The normalized spacial score (nSPS) is 44.4. The molecule has 0 unspecified atom stereocenters. The van der Waals surface area contributed by atoms with Gasteiger partial charge in [0.1, 0.15) is 12.2 Å². The van der Waals surface area contributed by atoms with E-state index in [0.717, 1.165) is 44.9 Å². The lowest BCUT2D eigenvalue weighted by Gasteiger charge is -2.64. The number of aliphatic hydroxyl groups excluding tert-OH is 1. The largest absolute Gasteiger partial charge is 0.469 e. The Morgan fingerprint density at radius 2 is 1.67 bits per heavy atom. The summed E-state index contributed by atoms with van der Waals surface area (Å²) in [6, 6.07) is 0. The van der Waals surface area contributed by atoms with Gasteiger partial charge in [-0.3, -0.25) is 14.4 Å². The summed E-state index contributed by atoms with van der Waals surface area (Å²) < 4.78 is 16.5. The maximum absolute atomic E-state index is 12.2. The molecule has 7 nitrogen and oxygen atoms in total. The zero-order valence-electron chi connectivity index (χ0n) is 23.0. The van der Waals surface area contributed by atoms with Crippen LogP contribution in [0.1, 0.15) is 92.4 Å². The van der Waals surface area contributed by atoms with Gasteiger partial charge in [-0.25, -0.2) is 0 Å². The smallest absolute Gasteiger partial charge is 0.305 e. The zero-order chi connectivity index (χ0) is 26.4. The van der Waals surface area contributed by atoms with Crippen LogP contribution in [0.15, 0.2) is 0 Å². The maximum atomic E-state index is 12.2. The number of carbonyl (C=O) groups excluding carboxylic acids is 3. The van der Waals surface area contributed by atoms with Gasteiger partial charge in [-0.15, -0.1) is 0 Å². The van der Waals surface area contributed by atoms with Crippen LogP contribution >= 0.6 is 0 Å². The first-order valence-corrected chi connectivity index (χ1v) is 14.0. The molecule has 0 aromatic carbocycles. The van der Waals surface area contributed by atoms with Crippen molar-refractivity contribution in [3.63, 3.8) is 0 Å². The van der Waals surface area contributed by atoms with E-state index in [1.165, 1.54) is 21.0 Å². The van der Waals surface area contributed by atoms with Crippen LogP contribution in [0, 0.1) is 46.3 Å². The highest BCUT2D eigenvalue weighted by atomic mass is 16.5. The molecule has 0 saturated heterocycles. The SMILES string of the molecule is COC(=O)CC[C@H](C)[C@@H]1CC[C@@H]2[C@@H]3[C@@H](C[C@@H](O)[C@@]21C)[C@@]1(C)CC[C@H](OC(C)=O)C[C@@H]1C[C@H]3OC(C)=O. The van der Waals surface area contributed by atoms with Gasteiger partial charge in [0, 0.05) is 26.2 Å². The fourth-order valence-electron chi connectivity index (χ4n) is 9.42. The van der Waals surface area contributed by atoms with Crippen molar-refractivity contribution in [1.29, 1.82) is 0 Å². The minimum absolute atomic E-state index is 0.0227. The minimum Gasteiger partial charge on any atom is -0.469 e. The predicted octanol–water partition coefficient (Wildman–Crippen LogP) is 4.68. The van der Waals surface area contributed by atoms with Gasteiger partial charge in [0.25, 0.3) is 0 Å². The highest BCUT2D eigenvalue weighted by molar-refractivity contribution is 5.69. The summed E-state index contributed by atoms with van der Waals surface area (Å²) in [6.07, 6.45) is 6.59.